The Bertz CT molecular complexity index is 717. The molecule has 0 aliphatic rings. The maximum Gasteiger partial charge on any atom is 0.214 e. The van der Waals surface area contributed by atoms with E-state index in [1.54, 1.807) is 16.4 Å². The van der Waals surface area contributed by atoms with Crippen molar-refractivity contribution in [2.24, 2.45) is 0 Å². The molecule has 1 heterocycles. The van der Waals surface area contributed by atoms with Crippen LogP contribution in [0.15, 0.2) is 53.7 Å². The van der Waals surface area contributed by atoms with Crippen molar-refractivity contribution in [2.75, 3.05) is 0 Å². The minimum atomic E-state index is 0.805. The van der Waals surface area contributed by atoms with Crippen molar-refractivity contribution < 1.29 is 0 Å². The first-order chi connectivity index (χ1) is 10.2. The molecule has 106 valence electrons. The highest BCUT2D eigenvalue weighted by Crippen LogP contribution is 2.22. The molecular formula is C16H16N4S. The summed E-state index contributed by atoms with van der Waals surface area (Å²) < 4.78 is 1.78. The molecule has 0 saturated heterocycles. The van der Waals surface area contributed by atoms with E-state index in [0.29, 0.717) is 0 Å². The van der Waals surface area contributed by atoms with Crippen molar-refractivity contribution in [1.82, 2.24) is 20.2 Å². The SMILES string of the molecule is Cc1ccc(CSc2nnnn2-c2ccc(C)cc2)cc1. The van der Waals surface area contributed by atoms with Gasteiger partial charge >= 0.3 is 0 Å². The van der Waals surface area contributed by atoms with Gasteiger partial charge in [0.1, 0.15) is 0 Å². The smallest absolute Gasteiger partial charge is 0.188 e. The number of nitrogens with zero attached hydrogens (tertiary/aromatic N) is 4. The van der Waals surface area contributed by atoms with Gasteiger partial charge in [-0.25, -0.2) is 0 Å². The molecule has 0 unspecified atom stereocenters. The van der Waals surface area contributed by atoms with Crippen LogP contribution in [0.2, 0.25) is 0 Å². The zero-order chi connectivity index (χ0) is 14.7. The fourth-order valence-electron chi connectivity index (χ4n) is 1.95. The number of aryl methyl sites for hydroxylation is 2. The Morgan fingerprint density at radius 3 is 2.19 bits per heavy atom. The van der Waals surface area contributed by atoms with E-state index in [-0.39, 0.29) is 0 Å². The average Bonchev–Trinajstić information content (AvgIpc) is 2.96. The van der Waals surface area contributed by atoms with Crippen LogP contribution in [-0.4, -0.2) is 20.2 Å². The molecular weight excluding hydrogens is 280 g/mol. The summed E-state index contributed by atoms with van der Waals surface area (Å²) in [6.45, 7) is 4.16. The molecule has 1 aromatic heterocycles. The monoisotopic (exact) mass is 296 g/mol. The molecule has 0 atom stereocenters. The van der Waals surface area contributed by atoms with Gasteiger partial charge in [0.2, 0.25) is 5.16 Å². The topological polar surface area (TPSA) is 43.6 Å². The second-order valence-electron chi connectivity index (χ2n) is 4.98. The summed E-state index contributed by atoms with van der Waals surface area (Å²) in [5.41, 5.74) is 4.75. The predicted molar refractivity (Wildman–Crippen MR) is 84.6 cm³/mol. The van der Waals surface area contributed by atoms with E-state index in [9.17, 15) is 0 Å². The summed E-state index contributed by atoms with van der Waals surface area (Å²) in [5.74, 6) is 0.854. The van der Waals surface area contributed by atoms with Gasteiger partial charge in [-0.1, -0.05) is 59.3 Å². The highest BCUT2D eigenvalue weighted by atomic mass is 32.2. The van der Waals surface area contributed by atoms with Crippen LogP contribution >= 0.6 is 11.8 Å². The van der Waals surface area contributed by atoms with Crippen LogP contribution in [0.3, 0.4) is 0 Å². The molecule has 4 nitrogen and oxygen atoms in total. The van der Waals surface area contributed by atoms with Gasteiger partial charge < -0.3 is 0 Å². The largest absolute Gasteiger partial charge is 0.214 e. The van der Waals surface area contributed by atoms with Crippen LogP contribution in [-0.2, 0) is 5.75 Å². The summed E-state index contributed by atoms with van der Waals surface area (Å²) in [7, 11) is 0. The Morgan fingerprint density at radius 2 is 1.52 bits per heavy atom. The third-order valence-electron chi connectivity index (χ3n) is 3.21. The van der Waals surface area contributed by atoms with Crippen LogP contribution in [0, 0.1) is 13.8 Å². The van der Waals surface area contributed by atoms with Gasteiger partial charge in [0.25, 0.3) is 0 Å². The van der Waals surface area contributed by atoms with Gasteiger partial charge in [0.15, 0.2) is 0 Å². The first-order valence-electron chi connectivity index (χ1n) is 6.76. The Kier molecular flexibility index (Phi) is 4.01. The fraction of sp³-hybridized carbons (Fsp3) is 0.188. The number of benzene rings is 2. The van der Waals surface area contributed by atoms with E-state index in [1.165, 1.54) is 16.7 Å². The van der Waals surface area contributed by atoms with E-state index in [2.05, 4.69) is 65.8 Å². The lowest BCUT2D eigenvalue weighted by atomic mass is 10.2. The van der Waals surface area contributed by atoms with E-state index in [1.807, 2.05) is 12.1 Å². The van der Waals surface area contributed by atoms with Gasteiger partial charge in [-0.2, -0.15) is 4.68 Å². The normalized spacial score (nSPS) is 10.8. The van der Waals surface area contributed by atoms with Crippen molar-refractivity contribution in [3.05, 3.63) is 65.2 Å². The highest BCUT2D eigenvalue weighted by Gasteiger charge is 2.09. The minimum Gasteiger partial charge on any atom is -0.188 e. The Hall–Kier alpha value is -2.14. The van der Waals surface area contributed by atoms with E-state index in [4.69, 9.17) is 0 Å². The van der Waals surface area contributed by atoms with Gasteiger partial charge in [0, 0.05) is 5.75 Å². The van der Waals surface area contributed by atoms with Gasteiger partial charge in [-0.05, 0) is 42.0 Å². The van der Waals surface area contributed by atoms with Crippen LogP contribution in [0.25, 0.3) is 5.69 Å². The van der Waals surface area contributed by atoms with Gasteiger partial charge in [-0.15, -0.1) is 5.10 Å². The molecule has 0 saturated carbocycles. The number of aromatic nitrogens is 4. The molecule has 3 aromatic rings. The van der Waals surface area contributed by atoms with Crippen molar-refractivity contribution in [3.63, 3.8) is 0 Å². The molecule has 0 spiro atoms. The molecule has 0 amide bonds. The van der Waals surface area contributed by atoms with Crippen LogP contribution in [0.4, 0.5) is 0 Å². The second-order valence-corrected chi connectivity index (χ2v) is 5.93. The van der Waals surface area contributed by atoms with Crippen LogP contribution < -0.4 is 0 Å². The molecule has 5 heteroatoms. The van der Waals surface area contributed by atoms with Crippen LogP contribution in [0.5, 0.6) is 0 Å². The van der Waals surface area contributed by atoms with Crippen molar-refractivity contribution >= 4 is 11.8 Å². The zero-order valence-corrected chi connectivity index (χ0v) is 12.8. The lowest BCUT2D eigenvalue weighted by Gasteiger charge is -2.05. The van der Waals surface area contributed by atoms with Gasteiger partial charge in [0.05, 0.1) is 5.69 Å². The molecule has 0 N–H and O–H groups in total. The van der Waals surface area contributed by atoms with Crippen molar-refractivity contribution in [2.45, 2.75) is 24.8 Å². The van der Waals surface area contributed by atoms with Crippen molar-refractivity contribution in [3.8, 4) is 5.69 Å². The number of hydrogen-bond acceptors (Lipinski definition) is 4. The number of thioether (sulfide) groups is 1. The number of rotatable bonds is 4. The fourth-order valence-corrected chi connectivity index (χ4v) is 2.80. The number of tetrazole rings is 1. The molecule has 2 aromatic carbocycles. The summed E-state index contributed by atoms with van der Waals surface area (Å²) in [6.07, 6.45) is 0. The molecule has 0 radical (unpaired) electrons. The lowest BCUT2D eigenvalue weighted by molar-refractivity contribution is 0.756. The third-order valence-corrected chi connectivity index (χ3v) is 4.20. The Balaban J connectivity index is 1.76. The molecule has 0 fully saturated rings. The first-order valence-corrected chi connectivity index (χ1v) is 7.75. The highest BCUT2D eigenvalue weighted by molar-refractivity contribution is 7.98. The number of hydrogen-bond donors (Lipinski definition) is 0. The Morgan fingerprint density at radius 1 is 0.905 bits per heavy atom. The third kappa shape index (κ3) is 3.31. The van der Waals surface area contributed by atoms with Gasteiger partial charge in [-0.3, -0.25) is 0 Å². The predicted octanol–water partition coefficient (Wildman–Crippen LogP) is 3.57. The molecule has 0 bridgehead atoms. The lowest BCUT2D eigenvalue weighted by Crippen LogP contribution is -1.99. The van der Waals surface area contributed by atoms with Crippen molar-refractivity contribution in [1.29, 1.82) is 0 Å². The molecule has 0 aliphatic heterocycles. The molecule has 3 rings (SSSR count). The zero-order valence-electron chi connectivity index (χ0n) is 12.0. The summed E-state index contributed by atoms with van der Waals surface area (Å²) >= 11 is 1.64. The molecule has 21 heavy (non-hydrogen) atoms. The summed E-state index contributed by atoms with van der Waals surface area (Å²) in [6, 6.07) is 16.7. The average molecular weight is 296 g/mol. The maximum atomic E-state index is 4.11. The van der Waals surface area contributed by atoms with E-state index >= 15 is 0 Å². The molecule has 0 aliphatic carbocycles. The maximum absolute atomic E-state index is 4.11. The second kappa shape index (κ2) is 6.10. The van der Waals surface area contributed by atoms with E-state index in [0.717, 1.165) is 16.6 Å². The van der Waals surface area contributed by atoms with Crippen LogP contribution in [0.1, 0.15) is 16.7 Å². The standard InChI is InChI=1S/C16H16N4S/c1-12-3-7-14(8-4-12)11-21-16-17-18-19-20(16)15-9-5-13(2)6-10-15/h3-10H,11H2,1-2H3. The quantitative estimate of drug-likeness (QED) is 0.690. The minimum absolute atomic E-state index is 0.805. The summed E-state index contributed by atoms with van der Waals surface area (Å²) in [4.78, 5) is 0. The first kappa shape index (κ1) is 13.8. The van der Waals surface area contributed by atoms with E-state index < -0.39 is 0 Å². The Labute approximate surface area is 128 Å². The summed E-state index contributed by atoms with van der Waals surface area (Å²) in [5, 5.41) is 12.8.